The number of morpholine rings is 1. The van der Waals surface area contributed by atoms with Crippen LogP contribution in [0.1, 0.15) is 43.4 Å². The summed E-state index contributed by atoms with van der Waals surface area (Å²) in [5.74, 6) is 0.0354. The van der Waals surface area contributed by atoms with Crippen molar-refractivity contribution in [2.24, 2.45) is 0 Å². The van der Waals surface area contributed by atoms with Crippen molar-refractivity contribution in [1.29, 1.82) is 0 Å². The lowest BCUT2D eigenvalue weighted by Gasteiger charge is -2.47. The van der Waals surface area contributed by atoms with Crippen LogP contribution in [0.15, 0.2) is 36.5 Å². The van der Waals surface area contributed by atoms with Crippen LogP contribution in [0.4, 0.5) is 0 Å². The molecule has 0 saturated carbocycles. The van der Waals surface area contributed by atoms with E-state index in [9.17, 15) is 9.59 Å². The number of pyridine rings is 1. The number of hydrogen-bond donors (Lipinski definition) is 0. The van der Waals surface area contributed by atoms with E-state index in [4.69, 9.17) is 4.74 Å². The van der Waals surface area contributed by atoms with Gasteiger partial charge < -0.3 is 14.5 Å². The molecule has 0 atom stereocenters. The summed E-state index contributed by atoms with van der Waals surface area (Å²) >= 11 is 1.54. The Bertz CT molecular complexity index is 1140. The van der Waals surface area contributed by atoms with E-state index in [-0.39, 0.29) is 17.4 Å². The number of amides is 2. The van der Waals surface area contributed by atoms with E-state index in [0.717, 1.165) is 33.7 Å². The maximum atomic E-state index is 13.2. The second kappa shape index (κ2) is 7.76. The molecule has 2 aliphatic heterocycles. The Hall–Kier alpha value is -2.71. The molecule has 2 aliphatic rings. The summed E-state index contributed by atoms with van der Waals surface area (Å²) in [5.41, 5.74) is 2.13. The zero-order valence-electron chi connectivity index (χ0n) is 17.8. The van der Waals surface area contributed by atoms with E-state index in [1.165, 1.54) is 11.3 Å². The van der Waals surface area contributed by atoms with Crippen molar-refractivity contribution < 1.29 is 14.3 Å². The SMILES string of the molecule is Cc1ccn2nc(C(=O)N3CCOC4(CCN(C(=O)c5ccc(C)s5)CC4)C3)cc2c1. The van der Waals surface area contributed by atoms with Gasteiger partial charge in [0.05, 0.1) is 29.1 Å². The molecule has 0 unspecified atom stereocenters. The summed E-state index contributed by atoms with van der Waals surface area (Å²) in [7, 11) is 0. The van der Waals surface area contributed by atoms with Crippen LogP contribution >= 0.6 is 11.3 Å². The average molecular weight is 439 g/mol. The molecule has 3 aromatic rings. The van der Waals surface area contributed by atoms with Gasteiger partial charge >= 0.3 is 0 Å². The maximum absolute atomic E-state index is 13.2. The topological polar surface area (TPSA) is 67.2 Å². The smallest absolute Gasteiger partial charge is 0.274 e. The average Bonchev–Trinajstić information content (AvgIpc) is 3.39. The number of rotatable bonds is 2. The molecule has 5 heterocycles. The highest BCUT2D eigenvalue weighted by atomic mass is 32.1. The largest absolute Gasteiger partial charge is 0.371 e. The first-order valence-corrected chi connectivity index (χ1v) is 11.5. The summed E-state index contributed by atoms with van der Waals surface area (Å²) < 4.78 is 7.92. The van der Waals surface area contributed by atoms with E-state index >= 15 is 0 Å². The van der Waals surface area contributed by atoms with E-state index in [2.05, 4.69) is 5.10 Å². The highest BCUT2D eigenvalue weighted by Crippen LogP contribution is 2.32. The van der Waals surface area contributed by atoms with Crippen molar-refractivity contribution in [3.63, 3.8) is 0 Å². The normalized spacial score (nSPS) is 18.6. The number of aromatic nitrogens is 2. The Morgan fingerprint density at radius 2 is 1.84 bits per heavy atom. The molecule has 0 N–H and O–H groups in total. The Labute approximate surface area is 185 Å². The van der Waals surface area contributed by atoms with Crippen molar-refractivity contribution in [2.45, 2.75) is 32.3 Å². The Morgan fingerprint density at radius 3 is 2.58 bits per heavy atom. The Kier molecular flexibility index (Phi) is 5.06. The molecule has 0 bridgehead atoms. The minimum absolute atomic E-state index is 0.0587. The van der Waals surface area contributed by atoms with Crippen molar-refractivity contribution in [3.8, 4) is 0 Å². The Morgan fingerprint density at radius 1 is 1.03 bits per heavy atom. The van der Waals surface area contributed by atoms with Crippen LogP contribution in [-0.2, 0) is 4.74 Å². The van der Waals surface area contributed by atoms with Gasteiger partial charge in [0, 0.05) is 30.7 Å². The summed E-state index contributed by atoms with van der Waals surface area (Å²) in [5, 5.41) is 4.47. The third-order valence-electron chi connectivity index (χ3n) is 6.29. The second-order valence-electron chi connectivity index (χ2n) is 8.56. The van der Waals surface area contributed by atoms with Crippen LogP contribution in [-0.4, -0.2) is 69.6 Å². The minimum Gasteiger partial charge on any atom is -0.371 e. The lowest BCUT2D eigenvalue weighted by atomic mass is 9.89. The van der Waals surface area contributed by atoms with Gasteiger partial charge in [-0.25, -0.2) is 4.52 Å². The number of hydrogen-bond acceptors (Lipinski definition) is 5. The number of nitrogens with zero attached hydrogens (tertiary/aromatic N) is 4. The zero-order chi connectivity index (χ0) is 21.6. The van der Waals surface area contributed by atoms with Gasteiger partial charge in [-0.05, 0) is 62.6 Å². The maximum Gasteiger partial charge on any atom is 0.274 e. The van der Waals surface area contributed by atoms with Gasteiger partial charge in [0.2, 0.25) is 0 Å². The van der Waals surface area contributed by atoms with Crippen molar-refractivity contribution in [1.82, 2.24) is 19.4 Å². The van der Waals surface area contributed by atoms with Crippen molar-refractivity contribution >= 4 is 28.7 Å². The molecule has 2 fully saturated rings. The van der Waals surface area contributed by atoms with Crippen LogP contribution in [0.5, 0.6) is 0 Å². The van der Waals surface area contributed by atoms with Crippen LogP contribution < -0.4 is 0 Å². The van der Waals surface area contributed by atoms with Gasteiger partial charge in [0.15, 0.2) is 5.69 Å². The highest BCUT2D eigenvalue weighted by Gasteiger charge is 2.42. The molecule has 8 heteroatoms. The van der Waals surface area contributed by atoms with Gasteiger partial charge in [-0.2, -0.15) is 5.10 Å². The molecule has 31 heavy (non-hydrogen) atoms. The fourth-order valence-corrected chi connectivity index (χ4v) is 5.35. The summed E-state index contributed by atoms with van der Waals surface area (Å²) in [4.78, 5) is 31.6. The number of thiophene rings is 1. The van der Waals surface area contributed by atoms with E-state index in [1.54, 1.807) is 4.52 Å². The van der Waals surface area contributed by atoms with Crippen LogP contribution in [0.25, 0.3) is 5.52 Å². The number of carbonyl (C=O) groups excluding carboxylic acids is 2. The molecule has 0 aliphatic carbocycles. The van der Waals surface area contributed by atoms with E-state index < -0.39 is 0 Å². The predicted molar refractivity (Wildman–Crippen MR) is 119 cm³/mol. The molecule has 3 aromatic heterocycles. The molecule has 7 nitrogen and oxygen atoms in total. The minimum atomic E-state index is -0.383. The lowest BCUT2D eigenvalue weighted by molar-refractivity contribution is -0.123. The molecular weight excluding hydrogens is 412 g/mol. The van der Waals surface area contributed by atoms with Gasteiger partial charge in [-0.3, -0.25) is 9.59 Å². The van der Waals surface area contributed by atoms with Gasteiger partial charge in [-0.1, -0.05) is 0 Å². The second-order valence-corrected chi connectivity index (χ2v) is 9.85. The number of likely N-dealkylation sites (tertiary alicyclic amines) is 1. The standard InChI is InChI=1S/C23H26N4O3S/c1-16-5-8-27-18(13-16)14-19(24-27)21(28)26-11-12-30-23(15-26)6-9-25(10-7-23)22(29)20-4-3-17(2)31-20/h3-5,8,13-14H,6-7,9-12,15H2,1-2H3. The Balaban J connectivity index is 1.26. The third-order valence-corrected chi connectivity index (χ3v) is 7.28. The van der Waals surface area contributed by atoms with Crippen LogP contribution in [0.3, 0.4) is 0 Å². The fourth-order valence-electron chi connectivity index (χ4n) is 4.52. The van der Waals surface area contributed by atoms with Gasteiger partial charge in [-0.15, -0.1) is 11.3 Å². The number of carbonyl (C=O) groups is 2. The van der Waals surface area contributed by atoms with Crippen molar-refractivity contribution in [2.75, 3.05) is 32.8 Å². The van der Waals surface area contributed by atoms with Crippen LogP contribution in [0, 0.1) is 13.8 Å². The predicted octanol–water partition coefficient (Wildman–Crippen LogP) is 3.16. The number of aryl methyl sites for hydroxylation is 2. The molecule has 162 valence electrons. The molecule has 2 saturated heterocycles. The number of piperidine rings is 1. The molecule has 2 amide bonds. The van der Waals surface area contributed by atoms with E-state index in [1.807, 2.05) is 60.2 Å². The highest BCUT2D eigenvalue weighted by molar-refractivity contribution is 7.13. The molecule has 0 radical (unpaired) electrons. The third kappa shape index (κ3) is 3.85. The van der Waals surface area contributed by atoms with E-state index in [0.29, 0.717) is 38.5 Å². The molecular formula is C23H26N4O3S. The quantitative estimate of drug-likeness (QED) is 0.616. The van der Waals surface area contributed by atoms with Gasteiger partial charge in [0.25, 0.3) is 11.8 Å². The molecule has 1 spiro atoms. The first-order chi connectivity index (χ1) is 14.9. The monoisotopic (exact) mass is 438 g/mol. The number of ether oxygens (including phenoxy) is 1. The zero-order valence-corrected chi connectivity index (χ0v) is 18.7. The molecule has 0 aromatic carbocycles. The summed E-state index contributed by atoms with van der Waals surface area (Å²) in [6.07, 6.45) is 3.35. The molecule has 5 rings (SSSR count). The fraction of sp³-hybridized carbons (Fsp3) is 0.435. The van der Waals surface area contributed by atoms with Crippen LogP contribution in [0.2, 0.25) is 0 Å². The lowest BCUT2D eigenvalue weighted by Crippen LogP contribution is -2.58. The first-order valence-electron chi connectivity index (χ1n) is 10.7. The summed E-state index contributed by atoms with van der Waals surface area (Å²) in [6, 6.07) is 9.73. The number of fused-ring (bicyclic) bond motifs is 1. The summed E-state index contributed by atoms with van der Waals surface area (Å²) in [6.45, 7) is 6.94. The van der Waals surface area contributed by atoms with Crippen molar-refractivity contribution in [3.05, 3.63) is 57.5 Å². The van der Waals surface area contributed by atoms with Gasteiger partial charge in [0.1, 0.15) is 0 Å². The first kappa shape index (κ1) is 20.2.